The fourth-order valence-corrected chi connectivity index (χ4v) is 2.58. The van der Waals surface area contributed by atoms with E-state index in [0.29, 0.717) is 11.3 Å². The second-order valence-electron chi connectivity index (χ2n) is 4.10. The van der Waals surface area contributed by atoms with Crippen LogP contribution >= 0.6 is 0 Å². The van der Waals surface area contributed by atoms with Crippen LogP contribution in [0.5, 0.6) is 0 Å². The van der Waals surface area contributed by atoms with E-state index in [4.69, 9.17) is 10.3 Å². The molecule has 0 bridgehead atoms. The van der Waals surface area contributed by atoms with Crippen LogP contribution in [0, 0.1) is 25.5 Å². The summed E-state index contributed by atoms with van der Waals surface area (Å²) in [4.78, 5) is -0.773. The van der Waals surface area contributed by atoms with Crippen molar-refractivity contribution in [3.05, 3.63) is 35.0 Å². The molecule has 0 aliphatic heterocycles. The molecule has 0 radical (unpaired) electrons. The van der Waals surface area contributed by atoms with E-state index in [2.05, 4.69) is 5.16 Å². The molecule has 9 heteroatoms. The molecule has 0 spiro atoms. The van der Waals surface area contributed by atoms with Crippen molar-refractivity contribution in [2.75, 3.05) is 10.5 Å². The number of nitrogens with zero attached hydrogens (tertiary/aromatic N) is 1. The first-order chi connectivity index (χ1) is 9.24. The molecular formula is C11H11F2N3O3S. The van der Waals surface area contributed by atoms with Crippen molar-refractivity contribution in [1.29, 1.82) is 0 Å². The van der Waals surface area contributed by atoms with Gasteiger partial charge in [-0.25, -0.2) is 21.9 Å². The number of benzene rings is 1. The monoisotopic (exact) mass is 303 g/mol. The van der Waals surface area contributed by atoms with E-state index in [9.17, 15) is 17.2 Å². The number of sulfonamides is 1. The Kier molecular flexibility index (Phi) is 3.38. The Balaban J connectivity index is 2.46. The molecule has 108 valence electrons. The zero-order valence-corrected chi connectivity index (χ0v) is 11.4. The van der Waals surface area contributed by atoms with Crippen LogP contribution in [0.3, 0.4) is 0 Å². The van der Waals surface area contributed by atoms with Crippen molar-refractivity contribution in [2.45, 2.75) is 18.7 Å². The Morgan fingerprint density at radius 3 is 2.50 bits per heavy atom. The molecule has 0 fully saturated rings. The fraction of sp³-hybridized carbons (Fsp3) is 0.182. The number of anilines is 2. The van der Waals surface area contributed by atoms with Gasteiger partial charge >= 0.3 is 0 Å². The molecule has 0 atom stereocenters. The predicted octanol–water partition coefficient (Wildman–Crippen LogP) is 1.95. The van der Waals surface area contributed by atoms with E-state index in [1.54, 1.807) is 13.8 Å². The van der Waals surface area contributed by atoms with Crippen molar-refractivity contribution in [3.8, 4) is 0 Å². The van der Waals surface area contributed by atoms with E-state index in [0.717, 1.165) is 12.1 Å². The smallest absolute Gasteiger partial charge is 0.267 e. The molecule has 1 aromatic heterocycles. The van der Waals surface area contributed by atoms with Gasteiger partial charge in [0.1, 0.15) is 16.4 Å². The number of nitrogens with one attached hydrogen (secondary N) is 1. The quantitative estimate of drug-likeness (QED) is 0.844. The highest BCUT2D eigenvalue weighted by molar-refractivity contribution is 7.92. The number of nitrogens with two attached hydrogens (primary N) is 1. The average Bonchev–Trinajstić information content (AvgIpc) is 2.67. The molecule has 0 aliphatic carbocycles. The van der Waals surface area contributed by atoms with E-state index in [1.807, 2.05) is 4.72 Å². The number of nitrogen functional groups attached to an aromatic ring is 1. The van der Waals surface area contributed by atoms with Gasteiger partial charge in [-0.2, -0.15) is 0 Å². The third-order valence-corrected chi connectivity index (χ3v) is 4.11. The standard InChI is InChI=1S/C11H11F2N3O3S/c1-5-6(2)15-19-11(5)16-20(17,18)8-4-3-7(12)10(14)9(8)13/h3-4,16H,14H2,1-2H3. The Morgan fingerprint density at radius 2 is 1.95 bits per heavy atom. The van der Waals surface area contributed by atoms with E-state index in [-0.39, 0.29) is 5.88 Å². The lowest BCUT2D eigenvalue weighted by molar-refractivity contribution is 0.430. The summed E-state index contributed by atoms with van der Waals surface area (Å²) in [6.07, 6.45) is 0. The third kappa shape index (κ3) is 2.31. The summed E-state index contributed by atoms with van der Waals surface area (Å²) < 4.78 is 57.6. The lowest BCUT2D eigenvalue weighted by atomic mass is 10.3. The molecule has 0 saturated heterocycles. The largest absolute Gasteiger partial charge is 0.394 e. The molecule has 6 nitrogen and oxygen atoms in total. The van der Waals surface area contributed by atoms with Crippen LogP contribution in [0.4, 0.5) is 20.4 Å². The molecule has 1 heterocycles. The topological polar surface area (TPSA) is 98.2 Å². The van der Waals surface area contributed by atoms with Crippen molar-refractivity contribution in [3.63, 3.8) is 0 Å². The summed E-state index contributed by atoms with van der Waals surface area (Å²) in [6.45, 7) is 3.20. The molecule has 2 rings (SSSR count). The third-order valence-electron chi connectivity index (χ3n) is 2.76. The normalized spacial score (nSPS) is 11.6. The number of aryl methyl sites for hydroxylation is 1. The van der Waals surface area contributed by atoms with Crippen molar-refractivity contribution in [2.24, 2.45) is 0 Å². The zero-order chi connectivity index (χ0) is 15.1. The highest BCUT2D eigenvalue weighted by Crippen LogP contribution is 2.26. The highest BCUT2D eigenvalue weighted by Gasteiger charge is 2.25. The van der Waals surface area contributed by atoms with Gasteiger partial charge in [-0.05, 0) is 26.0 Å². The summed E-state index contributed by atoms with van der Waals surface area (Å²) in [6, 6.07) is 1.55. The van der Waals surface area contributed by atoms with E-state index < -0.39 is 32.2 Å². The minimum absolute atomic E-state index is 0.134. The zero-order valence-electron chi connectivity index (χ0n) is 10.6. The van der Waals surface area contributed by atoms with E-state index >= 15 is 0 Å². The van der Waals surface area contributed by atoms with Gasteiger partial charge in [0.25, 0.3) is 10.0 Å². The van der Waals surface area contributed by atoms with Gasteiger partial charge in [-0.1, -0.05) is 5.16 Å². The van der Waals surface area contributed by atoms with Gasteiger partial charge in [-0.3, -0.25) is 0 Å². The Morgan fingerprint density at radius 1 is 1.30 bits per heavy atom. The van der Waals surface area contributed by atoms with Gasteiger partial charge in [0.2, 0.25) is 5.88 Å². The van der Waals surface area contributed by atoms with Crippen molar-refractivity contribution in [1.82, 2.24) is 5.16 Å². The first kappa shape index (κ1) is 14.3. The van der Waals surface area contributed by atoms with Crippen LogP contribution in [-0.2, 0) is 10.0 Å². The van der Waals surface area contributed by atoms with Crippen LogP contribution in [0.1, 0.15) is 11.3 Å². The Labute approximate surface area is 113 Å². The second-order valence-corrected chi connectivity index (χ2v) is 5.75. The first-order valence-electron chi connectivity index (χ1n) is 5.43. The summed E-state index contributed by atoms with van der Waals surface area (Å²) in [5, 5.41) is 3.57. The highest BCUT2D eigenvalue weighted by atomic mass is 32.2. The van der Waals surface area contributed by atoms with Gasteiger partial charge in [0, 0.05) is 5.56 Å². The molecule has 1 aromatic carbocycles. The maximum atomic E-state index is 13.7. The number of rotatable bonds is 3. The van der Waals surface area contributed by atoms with Gasteiger partial charge < -0.3 is 10.3 Å². The number of aromatic nitrogens is 1. The first-order valence-corrected chi connectivity index (χ1v) is 6.91. The SMILES string of the molecule is Cc1noc(NS(=O)(=O)c2ccc(F)c(N)c2F)c1C. The lowest BCUT2D eigenvalue weighted by Crippen LogP contribution is -2.16. The Hall–Kier alpha value is -2.16. The second kappa shape index (κ2) is 4.75. The van der Waals surface area contributed by atoms with Crippen molar-refractivity contribution >= 4 is 21.6 Å². The molecule has 3 N–H and O–H groups in total. The summed E-state index contributed by atoms with van der Waals surface area (Å²) in [5.41, 5.74) is 5.22. The summed E-state index contributed by atoms with van der Waals surface area (Å²) in [5.74, 6) is -2.52. The van der Waals surface area contributed by atoms with Crippen molar-refractivity contribution < 1.29 is 21.7 Å². The molecular weight excluding hydrogens is 292 g/mol. The molecule has 0 amide bonds. The van der Waals surface area contributed by atoms with Gasteiger partial charge in [-0.15, -0.1) is 0 Å². The van der Waals surface area contributed by atoms with Crippen LogP contribution in [-0.4, -0.2) is 13.6 Å². The summed E-state index contributed by atoms with van der Waals surface area (Å²) in [7, 11) is -4.30. The van der Waals surface area contributed by atoms with Crippen LogP contribution in [0.25, 0.3) is 0 Å². The fourth-order valence-electron chi connectivity index (χ4n) is 1.44. The Bertz CT molecular complexity index is 771. The minimum Gasteiger partial charge on any atom is -0.394 e. The molecule has 0 saturated carbocycles. The molecule has 2 aromatic rings. The van der Waals surface area contributed by atoms with Crippen LogP contribution < -0.4 is 10.5 Å². The number of hydrogen-bond donors (Lipinski definition) is 2. The minimum atomic E-state index is -4.30. The average molecular weight is 303 g/mol. The van der Waals surface area contributed by atoms with Gasteiger partial charge in [0.05, 0.1) is 5.69 Å². The van der Waals surface area contributed by atoms with Gasteiger partial charge in [0.15, 0.2) is 5.82 Å². The number of hydrogen-bond acceptors (Lipinski definition) is 5. The molecule has 0 aliphatic rings. The number of halogens is 2. The molecule has 20 heavy (non-hydrogen) atoms. The van der Waals surface area contributed by atoms with Crippen LogP contribution in [0.2, 0.25) is 0 Å². The lowest BCUT2D eigenvalue weighted by Gasteiger charge is -2.08. The maximum absolute atomic E-state index is 13.7. The summed E-state index contributed by atoms with van der Waals surface area (Å²) >= 11 is 0. The van der Waals surface area contributed by atoms with Crippen LogP contribution in [0.15, 0.2) is 21.6 Å². The predicted molar refractivity (Wildman–Crippen MR) is 67.6 cm³/mol. The van der Waals surface area contributed by atoms with E-state index in [1.165, 1.54) is 0 Å². The maximum Gasteiger partial charge on any atom is 0.267 e. The molecule has 0 unspecified atom stereocenters.